The summed E-state index contributed by atoms with van der Waals surface area (Å²) in [6.45, 7) is 0. The van der Waals surface area contributed by atoms with Crippen molar-refractivity contribution in [3.05, 3.63) is 33.9 Å². The molecule has 17 heavy (non-hydrogen) atoms. The predicted octanol–water partition coefficient (Wildman–Crippen LogP) is 4.53. The van der Waals surface area contributed by atoms with E-state index in [0.717, 1.165) is 0 Å². The zero-order valence-corrected chi connectivity index (χ0v) is 8.29. The van der Waals surface area contributed by atoms with Crippen LogP contribution < -0.4 is 0 Å². The van der Waals surface area contributed by atoms with Gasteiger partial charge in [0.25, 0.3) is 5.69 Å². The van der Waals surface area contributed by atoms with Crippen LogP contribution in [0.2, 0.25) is 0 Å². The third kappa shape index (κ3) is 2.78. The van der Waals surface area contributed by atoms with Crippen LogP contribution in [0.5, 0.6) is 0 Å². The monoisotopic (exact) mass is 285 g/mol. The molecule has 0 aliphatic rings. The van der Waals surface area contributed by atoms with Gasteiger partial charge in [-0.25, -0.2) is 8.78 Å². The van der Waals surface area contributed by atoms with Crippen LogP contribution in [0.1, 0.15) is 0 Å². The number of halogens is 7. The van der Waals surface area contributed by atoms with Gasteiger partial charge >= 0.3 is 10.2 Å². The van der Waals surface area contributed by atoms with E-state index in [4.69, 9.17) is 0 Å². The maximum atomic E-state index is 12.7. The fourth-order valence-electron chi connectivity index (χ4n) is 1.02. The molecule has 0 unspecified atom stereocenters. The topological polar surface area (TPSA) is 43.1 Å². The van der Waals surface area contributed by atoms with E-state index in [1.54, 1.807) is 0 Å². The molecule has 0 fully saturated rings. The van der Waals surface area contributed by atoms with Gasteiger partial charge in [0.15, 0.2) is 16.5 Å². The van der Waals surface area contributed by atoms with Crippen molar-refractivity contribution >= 4 is 15.9 Å². The third-order valence-electron chi connectivity index (χ3n) is 1.58. The van der Waals surface area contributed by atoms with Crippen molar-refractivity contribution in [2.45, 2.75) is 4.90 Å². The van der Waals surface area contributed by atoms with Gasteiger partial charge in [0, 0.05) is 0 Å². The van der Waals surface area contributed by atoms with E-state index in [1.807, 2.05) is 0 Å². The molecule has 0 bridgehead atoms. The summed E-state index contributed by atoms with van der Waals surface area (Å²) in [5, 5.41) is 10.0. The second-order valence-electron chi connectivity index (χ2n) is 2.96. The molecule has 0 heterocycles. The summed E-state index contributed by atoms with van der Waals surface area (Å²) in [6, 6.07) is -0.841. The Morgan fingerprint density at radius 2 is 1.35 bits per heavy atom. The molecule has 98 valence electrons. The fraction of sp³-hybridized carbons (Fsp3) is 0. The number of nitro benzene ring substituents is 1. The van der Waals surface area contributed by atoms with Crippen LogP contribution in [0.4, 0.5) is 33.9 Å². The number of benzene rings is 1. The smallest absolute Gasteiger partial charge is 0.258 e. The molecule has 0 aromatic heterocycles. The van der Waals surface area contributed by atoms with Crippen LogP contribution in [0.15, 0.2) is 17.0 Å². The Hall–Kier alpha value is -1.52. The first kappa shape index (κ1) is 13.5. The van der Waals surface area contributed by atoms with Crippen LogP contribution in [-0.4, -0.2) is 4.92 Å². The van der Waals surface area contributed by atoms with E-state index in [1.165, 1.54) is 0 Å². The Morgan fingerprint density at radius 1 is 1.00 bits per heavy atom. The van der Waals surface area contributed by atoms with Gasteiger partial charge in [-0.1, -0.05) is 19.4 Å². The highest BCUT2D eigenvalue weighted by Gasteiger charge is 2.69. The zero-order chi connectivity index (χ0) is 13.7. The standard InChI is InChI=1S/C6H2F7NO2S/c7-4-1-3(14(15)16)2-5(8)6(4)17(9,10,11,12)13/h1-2H. The molecule has 1 aromatic carbocycles. The maximum absolute atomic E-state index is 12.7. The number of non-ortho nitro benzene ring substituents is 1. The minimum Gasteiger partial charge on any atom is -0.258 e. The molecule has 0 saturated heterocycles. The zero-order valence-electron chi connectivity index (χ0n) is 7.47. The van der Waals surface area contributed by atoms with E-state index < -0.39 is 49.5 Å². The molecule has 0 radical (unpaired) electrons. The van der Waals surface area contributed by atoms with Gasteiger partial charge in [-0.15, -0.1) is 0 Å². The van der Waals surface area contributed by atoms with E-state index in [9.17, 15) is 38.3 Å². The minimum atomic E-state index is -10.6. The van der Waals surface area contributed by atoms with Crippen LogP contribution in [0.3, 0.4) is 0 Å². The third-order valence-corrected chi connectivity index (χ3v) is 2.74. The summed E-state index contributed by atoms with van der Waals surface area (Å²) in [4.78, 5) is 5.24. The first-order valence-corrected chi connectivity index (χ1v) is 5.55. The number of hydrogen-bond acceptors (Lipinski definition) is 2. The molecule has 0 aliphatic heterocycles. The molecule has 1 aromatic rings. The van der Waals surface area contributed by atoms with Gasteiger partial charge in [-0.3, -0.25) is 10.1 Å². The summed E-state index contributed by atoms with van der Waals surface area (Å²) in [5.41, 5.74) is -1.40. The lowest BCUT2D eigenvalue weighted by atomic mass is 10.3. The minimum absolute atomic E-state index is 0.420. The van der Waals surface area contributed by atoms with Crippen LogP contribution in [0, 0.1) is 21.7 Å². The Balaban J connectivity index is 3.67. The highest BCUT2D eigenvalue weighted by molar-refractivity contribution is 8.45. The molecule has 1 rings (SSSR count). The first-order chi connectivity index (χ1) is 7.22. The van der Waals surface area contributed by atoms with Crippen molar-refractivity contribution in [1.29, 1.82) is 0 Å². The molecule has 0 spiro atoms. The number of nitro groups is 1. The maximum Gasteiger partial charge on any atom is 0.315 e. The van der Waals surface area contributed by atoms with Crippen molar-refractivity contribution in [2.24, 2.45) is 0 Å². The average molecular weight is 285 g/mol. The summed E-state index contributed by atoms with van der Waals surface area (Å²) in [6.07, 6.45) is 0. The Bertz CT molecular complexity index is 487. The second-order valence-corrected chi connectivity index (χ2v) is 5.31. The number of rotatable bonds is 2. The van der Waals surface area contributed by atoms with Gasteiger partial charge in [-0.05, 0) is 0 Å². The van der Waals surface area contributed by atoms with E-state index in [-0.39, 0.29) is 0 Å². The lowest BCUT2D eigenvalue weighted by molar-refractivity contribution is -0.385. The highest BCUT2D eigenvalue weighted by atomic mass is 32.5. The molecule has 0 N–H and O–H groups in total. The lowest BCUT2D eigenvalue weighted by Crippen LogP contribution is -2.12. The quantitative estimate of drug-likeness (QED) is 0.455. The van der Waals surface area contributed by atoms with Crippen molar-refractivity contribution in [3.8, 4) is 0 Å². The summed E-state index contributed by atoms with van der Waals surface area (Å²) >= 11 is 0. The largest absolute Gasteiger partial charge is 0.315 e. The average Bonchev–Trinajstić information content (AvgIpc) is 1.96. The highest BCUT2D eigenvalue weighted by Crippen LogP contribution is 3.02. The van der Waals surface area contributed by atoms with Crippen LogP contribution >= 0.6 is 10.2 Å². The van der Waals surface area contributed by atoms with Gasteiger partial charge < -0.3 is 0 Å². The number of hydrogen-bond donors (Lipinski definition) is 0. The van der Waals surface area contributed by atoms with E-state index in [0.29, 0.717) is 0 Å². The van der Waals surface area contributed by atoms with Crippen LogP contribution in [0.25, 0.3) is 0 Å². The molecule has 11 heteroatoms. The molecule has 0 aliphatic carbocycles. The Labute approximate surface area is 88.7 Å². The van der Waals surface area contributed by atoms with E-state index >= 15 is 0 Å². The van der Waals surface area contributed by atoms with E-state index in [2.05, 4.69) is 0 Å². The van der Waals surface area contributed by atoms with Crippen molar-refractivity contribution in [3.63, 3.8) is 0 Å². The van der Waals surface area contributed by atoms with Gasteiger partial charge in [0.05, 0.1) is 17.1 Å². The second kappa shape index (κ2) is 2.83. The summed E-state index contributed by atoms with van der Waals surface area (Å²) < 4.78 is 86.2. The molecular weight excluding hydrogens is 283 g/mol. The van der Waals surface area contributed by atoms with Crippen molar-refractivity contribution in [2.75, 3.05) is 0 Å². The molecule has 0 amide bonds. The van der Waals surface area contributed by atoms with Gasteiger partial charge in [-0.2, -0.15) is 0 Å². The lowest BCUT2D eigenvalue weighted by Gasteiger charge is -2.40. The Kier molecular flexibility index (Phi) is 2.26. The SMILES string of the molecule is O=[N+]([O-])c1cc(F)c(S(F)(F)(F)(F)F)c(F)c1. The van der Waals surface area contributed by atoms with Crippen molar-refractivity contribution in [1.82, 2.24) is 0 Å². The molecule has 3 nitrogen and oxygen atoms in total. The normalized spacial score (nSPS) is 16.2. The summed E-state index contributed by atoms with van der Waals surface area (Å²) in [5.74, 6) is -5.45. The fourth-order valence-corrected chi connectivity index (χ4v) is 1.88. The molecule has 0 atom stereocenters. The molecule has 0 saturated carbocycles. The number of nitrogens with zero attached hydrogens (tertiary/aromatic N) is 1. The first-order valence-electron chi connectivity index (χ1n) is 3.60. The predicted molar refractivity (Wildman–Crippen MR) is 44.4 cm³/mol. The molecular formula is C6H2F7NO2S. The van der Waals surface area contributed by atoms with Crippen LogP contribution in [-0.2, 0) is 0 Å². The van der Waals surface area contributed by atoms with Gasteiger partial charge in [0.2, 0.25) is 0 Å². The Morgan fingerprint density at radius 3 is 1.59 bits per heavy atom. The van der Waals surface area contributed by atoms with Gasteiger partial charge in [0.1, 0.15) is 0 Å². The summed E-state index contributed by atoms with van der Waals surface area (Å²) in [7, 11) is -10.6. The van der Waals surface area contributed by atoms with Crippen molar-refractivity contribution < 1.29 is 33.1 Å².